The Kier molecular flexibility index (Phi) is 6.17. The highest BCUT2D eigenvalue weighted by atomic mass is 32.1. The molecule has 1 N–H and O–H groups in total. The number of thiocarbonyl (C=S) groups is 1. The summed E-state index contributed by atoms with van der Waals surface area (Å²) in [6.45, 7) is 1.04. The van der Waals surface area contributed by atoms with Crippen LogP contribution >= 0.6 is 12.2 Å². The van der Waals surface area contributed by atoms with Gasteiger partial charge in [0.15, 0.2) is 5.11 Å². The molecule has 0 bridgehead atoms. The molecule has 23 heavy (non-hydrogen) atoms. The van der Waals surface area contributed by atoms with Crippen molar-refractivity contribution in [3.05, 3.63) is 54.3 Å². The average molecular weight is 334 g/mol. The summed E-state index contributed by atoms with van der Waals surface area (Å²) < 4.78 is 24.3. The molecule has 0 saturated carbocycles. The summed E-state index contributed by atoms with van der Waals surface area (Å²) >= 11 is 5.26. The molecule has 0 amide bonds. The van der Waals surface area contributed by atoms with Crippen molar-refractivity contribution in [1.82, 2.24) is 4.90 Å². The number of nitrogens with one attached hydrogen (secondary N) is 1. The van der Waals surface area contributed by atoms with E-state index in [9.17, 15) is 4.39 Å². The van der Waals surface area contributed by atoms with Crippen molar-refractivity contribution in [1.29, 1.82) is 0 Å². The molecule has 0 aliphatic rings. The van der Waals surface area contributed by atoms with E-state index in [4.69, 9.17) is 21.7 Å². The second kappa shape index (κ2) is 8.33. The second-order valence-electron chi connectivity index (χ2n) is 4.86. The van der Waals surface area contributed by atoms with Crippen molar-refractivity contribution < 1.29 is 13.9 Å². The number of methoxy groups -OCH3 is 1. The topological polar surface area (TPSA) is 33.7 Å². The lowest BCUT2D eigenvalue weighted by molar-refractivity contribution is 0.285. The molecule has 0 unspecified atom stereocenters. The molecule has 122 valence electrons. The molecular weight excluding hydrogens is 315 g/mol. The van der Waals surface area contributed by atoms with Crippen LogP contribution in [0.15, 0.2) is 48.5 Å². The zero-order valence-corrected chi connectivity index (χ0v) is 13.9. The molecule has 2 aromatic carbocycles. The lowest BCUT2D eigenvalue weighted by atomic mass is 10.3. The molecule has 0 fully saturated rings. The standard InChI is InChI=1S/C17H19FN2O2S/c1-20(17(23)19-16-6-4-3-5-15(16)18)11-12-22-14-9-7-13(21-2)8-10-14/h3-10H,11-12H2,1-2H3,(H,19,23). The van der Waals surface area contributed by atoms with Crippen LogP contribution < -0.4 is 14.8 Å². The Morgan fingerprint density at radius 2 is 1.78 bits per heavy atom. The molecule has 0 aliphatic heterocycles. The third kappa shape index (κ3) is 5.10. The average Bonchev–Trinajstić information content (AvgIpc) is 2.57. The fourth-order valence-corrected chi connectivity index (χ4v) is 2.05. The van der Waals surface area contributed by atoms with E-state index in [0.717, 1.165) is 11.5 Å². The maximum atomic E-state index is 13.6. The van der Waals surface area contributed by atoms with Crippen molar-refractivity contribution in [3.8, 4) is 11.5 Å². The van der Waals surface area contributed by atoms with Crippen molar-refractivity contribution in [2.24, 2.45) is 0 Å². The van der Waals surface area contributed by atoms with Gasteiger partial charge in [0.1, 0.15) is 23.9 Å². The normalized spacial score (nSPS) is 10.0. The zero-order valence-electron chi connectivity index (χ0n) is 13.1. The quantitative estimate of drug-likeness (QED) is 0.817. The Bertz CT molecular complexity index is 649. The summed E-state index contributed by atoms with van der Waals surface area (Å²) in [6, 6.07) is 13.8. The minimum absolute atomic E-state index is 0.335. The fourth-order valence-electron chi connectivity index (χ4n) is 1.85. The first kappa shape index (κ1) is 17.0. The Morgan fingerprint density at radius 1 is 1.13 bits per heavy atom. The summed E-state index contributed by atoms with van der Waals surface area (Å²) in [5, 5.41) is 3.32. The van der Waals surface area contributed by atoms with E-state index in [1.54, 1.807) is 30.2 Å². The van der Waals surface area contributed by atoms with Crippen LogP contribution in [-0.2, 0) is 0 Å². The SMILES string of the molecule is COc1ccc(OCCN(C)C(=S)Nc2ccccc2F)cc1. The van der Waals surface area contributed by atoms with Gasteiger partial charge < -0.3 is 19.7 Å². The van der Waals surface area contributed by atoms with Gasteiger partial charge in [0.25, 0.3) is 0 Å². The smallest absolute Gasteiger partial charge is 0.173 e. The zero-order chi connectivity index (χ0) is 16.7. The molecular formula is C17H19FN2O2S. The fraction of sp³-hybridized carbons (Fsp3) is 0.235. The van der Waals surface area contributed by atoms with Gasteiger partial charge in [-0.05, 0) is 48.6 Å². The first-order chi connectivity index (χ1) is 11.1. The van der Waals surface area contributed by atoms with Gasteiger partial charge in [0.2, 0.25) is 0 Å². The van der Waals surface area contributed by atoms with Gasteiger partial charge in [-0.2, -0.15) is 0 Å². The molecule has 0 spiro atoms. The number of hydrogen-bond donors (Lipinski definition) is 1. The van der Waals surface area contributed by atoms with Gasteiger partial charge in [0.05, 0.1) is 19.3 Å². The molecule has 0 aliphatic carbocycles. The molecule has 0 saturated heterocycles. The molecule has 0 aromatic heterocycles. The number of halogens is 1. The van der Waals surface area contributed by atoms with Crippen molar-refractivity contribution in [3.63, 3.8) is 0 Å². The van der Waals surface area contributed by atoms with E-state index < -0.39 is 0 Å². The predicted molar refractivity (Wildman–Crippen MR) is 93.7 cm³/mol. The number of ether oxygens (including phenoxy) is 2. The van der Waals surface area contributed by atoms with Crippen LogP contribution in [0, 0.1) is 5.82 Å². The molecule has 4 nitrogen and oxygen atoms in total. The summed E-state index contributed by atoms with van der Waals surface area (Å²) in [5.41, 5.74) is 0.362. The third-order valence-corrected chi connectivity index (χ3v) is 3.63. The van der Waals surface area contributed by atoms with Crippen LogP contribution in [0.4, 0.5) is 10.1 Å². The Morgan fingerprint density at radius 3 is 2.43 bits per heavy atom. The number of hydrogen-bond acceptors (Lipinski definition) is 3. The minimum atomic E-state index is -0.335. The van der Waals surface area contributed by atoms with Crippen LogP contribution in [0.3, 0.4) is 0 Å². The summed E-state index contributed by atoms with van der Waals surface area (Å²) in [7, 11) is 3.45. The van der Waals surface area contributed by atoms with Crippen LogP contribution in [0.1, 0.15) is 0 Å². The van der Waals surface area contributed by atoms with Crippen LogP contribution in [0.2, 0.25) is 0 Å². The van der Waals surface area contributed by atoms with E-state index in [1.807, 2.05) is 31.3 Å². The van der Waals surface area contributed by atoms with Crippen LogP contribution in [0.5, 0.6) is 11.5 Å². The van der Waals surface area contributed by atoms with Gasteiger partial charge >= 0.3 is 0 Å². The van der Waals surface area contributed by atoms with Crippen LogP contribution in [0.25, 0.3) is 0 Å². The minimum Gasteiger partial charge on any atom is -0.497 e. The summed E-state index contributed by atoms with van der Waals surface area (Å²) in [5.74, 6) is 1.20. The first-order valence-electron chi connectivity index (χ1n) is 7.13. The van der Waals surface area contributed by atoms with Gasteiger partial charge in [-0.3, -0.25) is 0 Å². The predicted octanol–water partition coefficient (Wildman–Crippen LogP) is 3.54. The van der Waals surface area contributed by atoms with Crippen molar-refractivity contribution in [2.45, 2.75) is 0 Å². The molecule has 0 atom stereocenters. The third-order valence-electron chi connectivity index (χ3n) is 3.22. The lowest BCUT2D eigenvalue weighted by Crippen LogP contribution is -2.34. The highest BCUT2D eigenvalue weighted by Crippen LogP contribution is 2.17. The summed E-state index contributed by atoms with van der Waals surface area (Å²) in [4.78, 5) is 1.80. The highest BCUT2D eigenvalue weighted by molar-refractivity contribution is 7.80. The molecule has 2 aromatic rings. The number of rotatable bonds is 6. The van der Waals surface area contributed by atoms with E-state index in [1.165, 1.54) is 6.07 Å². The number of likely N-dealkylation sites (N-methyl/N-ethyl adjacent to an activating group) is 1. The Labute approximate surface area is 140 Å². The number of para-hydroxylation sites is 1. The largest absolute Gasteiger partial charge is 0.497 e. The molecule has 6 heteroatoms. The molecule has 0 radical (unpaired) electrons. The maximum Gasteiger partial charge on any atom is 0.173 e. The summed E-state index contributed by atoms with van der Waals surface area (Å²) in [6.07, 6.45) is 0. The number of benzene rings is 2. The number of nitrogens with zero attached hydrogens (tertiary/aromatic N) is 1. The number of anilines is 1. The van der Waals surface area contributed by atoms with E-state index >= 15 is 0 Å². The van der Waals surface area contributed by atoms with Gasteiger partial charge in [-0.25, -0.2) is 4.39 Å². The second-order valence-corrected chi connectivity index (χ2v) is 5.24. The lowest BCUT2D eigenvalue weighted by Gasteiger charge is -2.21. The Hall–Kier alpha value is -2.34. The maximum absolute atomic E-state index is 13.6. The van der Waals surface area contributed by atoms with E-state index in [-0.39, 0.29) is 5.82 Å². The first-order valence-corrected chi connectivity index (χ1v) is 7.54. The monoisotopic (exact) mass is 334 g/mol. The van der Waals surface area contributed by atoms with Crippen molar-refractivity contribution >= 4 is 23.0 Å². The van der Waals surface area contributed by atoms with Crippen molar-refractivity contribution in [2.75, 3.05) is 32.6 Å². The van der Waals surface area contributed by atoms with E-state index in [0.29, 0.717) is 24.0 Å². The van der Waals surface area contributed by atoms with Gasteiger partial charge in [-0.1, -0.05) is 12.1 Å². The van der Waals surface area contributed by atoms with E-state index in [2.05, 4.69) is 5.32 Å². The highest BCUT2D eigenvalue weighted by Gasteiger charge is 2.07. The molecule has 2 rings (SSSR count). The molecule has 0 heterocycles. The van der Waals surface area contributed by atoms with Gasteiger partial charge in [0, 0.05) is 7.05 Å². The van der Waals surface area contributed by atoms with Crippen LogP contribution in [-0.4, -0.2) is 37.3 Å². The van der Waals surface area contributed by atoms with Gasteiger partial charge in [-0.15, -0.1) is 0 Å². The Balaban J connectivity index is 1.78.